The number of nitrogens with one attached hydrogen (secondary N) is 1. The summed E-state index contributed by atoms with van der Waals surface area (Å²) in [6.07, 6.45) is 0.381. The molecule has 1 aromatic heterocycles. The summed E-state index contributed by atoms with van der Waals surface area (Å²) >= 11 is 5.82. The zero-order chi connectivity index (χ0) is 13.1. The zero-order valence-corrected chi connectivity index (χ0v) is 10.5. The van der Waals surface area contributed by atoms with E-state index in [4.69, 9.17) is 11.6 Å². The highest BCUT2D eigenvalue weighted by molar-refractivity contribution is 6.31. The fourth-order valence-corrected chi connectivity index (χ4v) is 1.76. The molecule has 0 spiro atoms. The van der Waals surface area contributed by atoms with E-state index in [1.54, 1.807) is 18.2 Å². The molecule has 0 atom stereocenters. The molecule has 0 saturated heterocycles. The molecule has 2 rings (SSSR count). The van der Waals surface area contributed by atoms with Gasteiger partial charge in [-0.3, -0.25) is 9.59 Å². The molecule has 0 aliphatic heterocycles. The molecule has 1 aromatic carbocycles. The Kier molecular flexibility index (Phi) is 3.62. The van der Waals surface area contributed by atoms with E-state index in [1.807, 2.05) is 0 Å². The van der Waals surface area contributed by atoms with Gasteiger partial charge in [-0.05, 0) is 18.2 Å². The van der Waals surface area contributed by atoms with Crippen LogP contribution in [0.5, 0.6) is 0 Å². The molecule has 0 unspecified atom stereocenters. The number of halogens is 1. The molecule has 18 heavy (non-hydrogen) atoms. The Hall–Kier alpha value is -1.88. The van der Waals surface area contributed by atoms with Crippen molar-refractivity contribution in [3.63, 3.8) is 0 Å². The molecular weight excluding hydrogens is 256 g/mol. The van der Waals surface area contributed by atoms with Crippen molar-refractivity contribution in [3.05, 3.63) is 39.3 Å². The number of carbonyl (C=O) groups is 1. The third-order valence-corrected chi connectivity index (χ3v) is 2.75. The number of aryl methyl sites for hydroxylation is 1. The van der Waals surface area contributed by atoms with Gasteiger partial charge >= 0.3 is 5.97 Å². The van der Waals surface area contributed by atoms with Crippen LogP contribution in [-0.4, -0.2) is 23.0 Å². The summed E-state index contributed by atoms with van der Waals surface area (Å²) in [6, 6.07) is 5.05. The zero-order valence-electron chi connectivity index (χ0n) is 9.70. The smallest absolute Gasteiger partial charge is 0.305 e. The lowest BCUT2D eigenvalue weighted by atomic mass is 10.2. The van der Waals surface area contributed by atoms with Gasteiger partial charge in [-0.2, -0.15) is 0 Å². The number of hydrogen-bond acceptors (Lipinski definition) is 4. The Bertz CT molecular complexity index is 651. The number of carbonyl (C=O) groups excluding carboxylic acids is 1. The SMILES string of the molecule is COC(=O)CCc1nc2ccc(Cl)cc2[nH]c1=O. The molecule has 0 aliphatic rings. The van der Waals surface area contributed by atoms with E-state index >= 15 is 0 Å². The first-order valence-corrected chi connectivity index (χ1v) is 5.73. The summed E-state index contributed by atoms with van der Waals surface area (Å²) in [7, 11) is 1.31. The lowest BCUT2D eigenvalue weighted by Crippen LogP contribution is -2.16. The predicted octanol–water partition coefficient (Wildman–Crippen LogP) is 1.68. The summed E-state index contributed by atoms with van der Waals surface area (Å²) in [6.45, 7) is 0. The first kappa shape index (κ1) is 12.6. The number of benzene rings is 1. The van der Waals surface area contributed by atoms with Gasteiger partial charge in [0.15, 0.2) is 0 Å². The highest BCUT2D eigenvalue weighted by Gasteiger charge is 2.08. The van der Waals surface area contributed by atoms with Gasteiger partial charge < -0.3 is 9.72 Å². The third-order valence-electron chi connectivity index (χ3n) is 2.52. The van der Waals surface area contributed by atoms with Crippen LogP contribution >= 0.6 is 11.6 Å². The van der Waals surface area contributed by atoms with E-state index in [2.05, 4.69) is 14.7 Å². The predicted molar refractivity (Wildman–Crippen MR) is 67.7 cm³/mol. The van der Waals surface area contributed by atoms with Crippen LogP contribution in [0.1, 0.15) is 12.1 Å². The number of ether oxygens (including phenoxy) is 1. The Labute approximate surface area is 108 Å². The summed E-state index contributed by atoms with van der Waals surface area (Å²) < 4.78 is 4.52. The average Bonchev–Trinajstić information content (AvgIpc) is 2.35. The van der Waals surface area contributed by atoms with Crippen molar-refractivity contribution in [3.8, 4) is 0 Å². The summed E-state index contributed by atoms with van der Waals surface area (Å²) in [5, 5.41) is 0.530. The van der Waals surface area contributed by atoms with Gasteiger partial charge in [0, 0.05) is 11.4 Å². The number of aromatic amines is 1. The van der Waals surface area contributed by atoms with Crippen LogP contribution in [0.15, 0.2) is 23.0 Å². The van der Waals surface area contributed by atoms with E-state index in [-0.39, 0.29) is 24.4 Å². The van der Waals surface area contributed by atoms with Crippen molar-refractivity contribution in [2.24, 2.45) is 0 Å². The second-order valence-corrected chi connectivity index (χ2v) is 4.19. The fraction of sp³-hybridized carbons (Fsp3) is 0.250. The minimum Gasteiger partial charge on any atom is -0.469 e. The van der Waals surface area contributed by atoms with E-state index in [0.29, 0.717) is 21.7 Å². The van der Waals surface area contributed by atoms with Crippen molar-refractivity contribution in [1.29, 1.82) is 0 Å². The third kappa shape index (κ3) is 2.68. The normalized spacial score (nSPS) is 10.6. The van der Waals surface area contributed by atoms with E-state index in [0.717, 1.165) is 0 Å². The second-order valence-electron chi connectivity index (χ2n) is 3.75. The standard InChI is InChI=1S/C12H11ClN2O3/c1-18-11(16)5-4-9-12(17)15-10-6-7(13)2-3-8(10)14-9/h2-3,6H,4-5H2,1H3,(H,15,17). The average molecular weight is 267 g/mol. The van der Waals surface area contributed by atoms with E-state index < -0.39 is 0 Å². The van der Waals surface area contributed by atoms with Crippen molar-refractivity contribution in [1.82, 2.24) is 9.97 Å². The van der Waals surface area contributed by atoms with E-state index in [9.17, 15) is 9.59 Å². The van der Waals surface area contributed by atoms with Crippen LogP contribution in [0.2, 0.25) is 5.02 Å². The van der Waals surface area contributed by atoms with Crippen molar-refractivity contribution in [2.75, 3.05) is 7.11 Å². The van der Waals surface area contributed by atoms with Crippen molar-refractivity contribution < 1.29 is 9.53 Å². The lowest BCUT2D eigenvalue weighted by Gasteiger charge is -2.02. The first-order valence-electron chi connectivity index (χ1n) is 5.35. The van der Waals surface area contributed by atoms with Crippen LogP contribution in [0, 0.1) is 0 Å². The lowest BCUT2D eigenvalue weighted by molar-refractivity contribution is -0.140. The molecule has 0 saturated carbocycles. The quantitative estimate of drug-likeness (QED) is 0.858. The summed E-state index contributed by atoms with van der Waals surface area (Å²) in [5.41, 5.74) is 1.22. The van der Waals surface area contributed by atoms with Crippen molar-refractivity contribution >= 4 is 28.6 Å². The van der Waals surface area contributed by atoms with Gasteiger partial charge in [-0.15, -0.1) is 0 Å². The molecule has 94 valence electrons. The van der Waals surface area contributed by atoms with Gasteiger partial charge in [-0.25, -0.2) is 4.98 Å². The van der Waals surface area contributed by atoms with Crippen LogP contribution < -0.4 is 5.56 Å². The number of methoxy groups -OCH3 is 1. The maximum absolute atomic E-state index is 11.7. The van der Waals surface area contributed by atoms with Gasteiger partial charge in [-0.1, -0.05) is 11.6 Å². The minimum absolute atomic E-state index is 0.131. The molecule has 0 fully saturated rings. The molecule has 0 aliphatic carbocycles. The molecule has 1 N–H and O–H groups in total. The summed E-state index contributed by atoms with van der Waals surface area (Å²) in [5.74, 6) is -0.368. The van der Waals surface area contributed by atoms with Crippen LogP contribution in [0.25, 0.3) is 11.0 Å². The molecule has 2 aromatic rings. The van der Waals surface area contributed by atoms with Crippen LogP contribution in [0.4, 0.5) is 0 Å². The van der Waals surface area contributed by atoms with Gasteiger partial charge in [0.05, 0.1) is 24.6 Å². The van der Waals surface area contributed by atoms with Crippen LogP contribution in [-0.2, 0) is 16.0 Å². The Morgan fingerprint density at radius 2 is 2.28 bits per heavy atom. The fourth-order valence-electron chi connectivity index (χ4n) is 1.59. The number of esters is 1. The Morgan fingerprint density at radius 1 is 1.50 bits per heavy atom. The maximum Gasteiger partial charge on any atom is 0.305 e. The number of hydrogen-bond donors (Lipinski definition) is 1. The Balaban J connectivity index is 2.35. The molecule has 0 radical (unpaired) electrons. The largest absolute Gasteiger partial charge is 0.469 e. The number of H-pyrrole nitrogens is 1. The second kappa shape index (κ2) is 5.18. The number of nitrogens with zero attached hydrogens (tertiary/aromatic N) is 1. The molecular formula is C12H11ClN2O3. The Morgan fingerprint density at radius 3 is 3.00 bits per heavy atom. The van der Waals surface area contributed by atoms with Crippen LogP contribution in [0.3, 0.4) is 0 Å². The highest BCUT2D eigenvalue weighted by atomic mass is 35.5. The maximum atomic E-state index is 11.7. The number of rotatable bonds is 3. The number of aromatic nitrogens is 2. The molecule has 0 bridgehead atoms. The van der Waals surface area contributed by atoms with E-state index in [1.165, 1.54) is 7.11 Å². The molecule has 0 amide bonds. The molecule has 1 heterocycles. The minimum atomic E-state index is -0.368. The first-order chi connectivity index (χ1) is 8.60. The van der Waals surface area contributed by atoms with Gasteiger partial charge in [0.25, 0.3) is 5.56 Å². The number of fused-ring (bicyclic) bond motifs is 1. The summed E-state index contributed by atoms with van der Waals surface area (Å²) in [4.78, 5) is 29.7. The molecule has 5 nitrogen and oxygen atoms in total. The van der Waals surface area contributed by atoms with Gasteiger partial charge in [0.2, 0.25) is 0 Å². The van der Waals surface area contributed by atoms with Gasteiger partial charge in [0.1, 0.15) is 5.69 Å². The topological polar surface area (TPSA) is 72.0 Å². The van der Waals surface area contributed by atoms with Crippen molar-refractivity contribution in [2.45, 2.75) is 12.8 Å². The molecule has 6 heteroatoms. The monoisotopic (exact) mass is 266 g/mol. The highest BCUT2D eigenvalue weighted by Crippen LogP contribution is 2.14.